The Balaban J connectivity index is 2.21. The summed E-state index contributed by atoms with van der Waals surface area (Å²) in [6, 6.07) is 7.37. The molecule has 0 heterocycles. The van der Waals surface area contributed by atoms with Gasteiger partial charge in [-0.25, -0.2) is 4.79 Å². The van der Waals surface area contributed by atoms with Crippen molar-refractivity contribution in [2.75, 3.05) is 6.61 Å². The molecule has 138 valence electrons. The number of carbonyl (C=O) groups is 2. The van der Waals surface area contributed by atoms with E-state index in [1.54, 1.807) is 6.07 Å². The zero-order chi connectivity index (χ0) is 18.6. The van der Waals surface area contributed by atoms with Crippen LogP contribution < -0.4 is 0 Å². The van der Waals surface area contributed by atoms with Gasteiger partial charge in [0.05, 0.1) is 12.2 Å². The predicted molar refractivity (Wildman–Crippen MR) is 97.3 cm³/mol. The van der Waals surface area contributed by atoms with Crippen LogP contribution in [-0.4, -0.2) is 24.6 Å². The second-order valence-corrected chi connectivity index (χ2v) is 7.79. The first kappa shape index (κ1) is 19.5. The van der Waals surface area contributed by atoms with Crippen LogP contribution in [0.25, 0.3) is 0 Å². The van der Waals surface area contributed by atoms with Gasteiger partial charge in [0.2, 0.25) is 0 Å². The predicted octanol–water partition coefficient (Wildman–Crippen LogP) is 4.55. The fourth-order valence-corrected chi connectivity index (χ4v) is 3.66. The maximum atomic E-state index is 12.9. The molecule has 0 saturated heterocycles. The zero-order valence-electron chi connectivity index (χ0n) is 16.0. The molecule has 2 atom stereocenters. The van der Waals surface area contributed by atoms with Gasteiger partial charge in [-0.3, -0.25) is 4.79 Å². The molecule has 1 aliphatic carbocycles. The van der Waals surface area contributed by atoms with Crippen molar-refractivity contribution in [1.29, 1.82) is 0 Å². The Labute approximate surface area is 150 Å². The third-order valence-corrected chi connectivity index (χ3v) is 5.20. The molecule has 0 radical (unpaired) electrons. The van der Waals surface area contributed by atoms with Gasteiger partial charge in [0.1, 0.15) is 11.5 Å². The number of carbonyl (C=O) groups excluding carboxylic acids is 2. The number of esters is 2. The fourth-order valence-electron chi connectivity index (χ4n) is 3.66. The fraction of sp³-hybridized carbons (Fsp3) is 0.619. The van der Waals surface area contributed by atoms with E-state index in [1.165, 1.54) is 0 Å². The van der Waals surface area contributed by atoms with Gasteiger partial charge >= 0.3 is 11.9 Å². The van der Waals surface area contributed by atoms with Crippen LogP contribution in [0.3, 0.4) is 0 Å². The second kappa shape index (κ2) is 8.03. The lowest BCUT2D eigenvalue weighted by Gasteiger charge is -2.36. The topological polar surface area (TPSA) is 52.6 Å². The molecule has 1 aliphatic rings. The van der Waals surface area contributed by atoms with Crippen molar-refractivity contribution in [1.82, 2.24) is 0 Å². The second-order valence-electron chi connectivity index (χ2n) is 7.79. The summed E-state index contributed by atoms with van der Waals surface area (Å²) >= 11 is 0. The van der Waals surface area contributed by atoms with Gasteiger partial charge in [-0.05, 0) is 49.7 Å². The van der Waals surface area contributed by atoms with Crippen LogP contribution in [0, 0.1) is 24.2 Å². The number of aryl methyl sites for hydroxylation is 1. The zero-order valence-corrected chi connectivity index (χ0v) is 16.0. The molecular formula is C21H30O4. The summed E-state index contributed by atoms with van der Waals surface area (Å²) in [5.41, 5.74) is 0.693. The maximum Gasteiger partial charge on any atom is 0.338 e. The summed E-state index contributed by atoms with van der Waals surface area (Å²) in [5.74, 6) is -0.255. The monoisotopic (exact) mass is 346 g/mol. The Hall–Kier alpha value is -1.84. The molecule has 2 rings (SSSR count). The van der Waals surface area contributed by atoms with Crippen molar-refractivity contribution >= 4 is 11.9 Å². The van der Waals surface area contributed by atoms with Crippen molar-refractivity contribution in [2.45, 2.75) is 60.0 Å². The molecule has 1 fully saturated rings. The van der Waals surface area contributed by atoms with E-state index in [0.29, 0.717) is 25.0 Å². The van der Waals surface area contributed by atoms with Crippen molar-refractivity contribution in [3.63, 3.8) is 0 Å². The summed E-state index contributed by atoms with van der Waals surface area (Å²) in [6.07, 6.45) is 1.83. The molecule has 1 saturated carbocycles. The molecule has 0 aromatic heterocycles. The number of hydrogen-bond acceptors (Lipinski definition) is 4. The normalized spacial score (nSPS) is 23.1. The number of rotatable bonds is 6. The van der Waals surface area contributed by atoms with Crippen molar-refractivity contribution in [3.05, 3.63) is 35.4 Å². The Kier molecular flexibility index (Phi) is 6.26. The van der Waals surface area contributed by atoms with Gasteiger partial charge in [0.25, 0.3) is 0 Å². The van der Waals surface area contributed by atoms with E-state index in [4.69, 9.17) is 9.47 Å². The quantitative estimate of drug-likeness (QED) is 0.709. The van der Waals surface area contributed by atoms with Crippen LogP contribution in [0.15, 0.2) is 24.3 Å². The van der Waals surface area contributed by atoms with Gasteiger partial charge in [0.15, 0.2) is 0 Å². The number of benzene rings is 1. The van der Waals surface area contributed by atoms with Gasteiger partial charge < -0.3 is 9.47 Å². The minimum absolute atomic E-state index is 0.0457. The molecule has 1 aromatic rings. The molecule has 0 spiro atoms. The van der Waals surface area contributed by atoms with Crippen molar-refractivity contribution in [3.8, 4) is 0 Å². The Morgan fingerprint density at radius 3 is 2.48 bits per heavy atom. The maximum absolute atomic E-state index is 12.9. The Morgan fingerprint density at radius 1 is 1.20 bits per heavy atom. The average molecular weight is 346 g/mol. The SMILES string of the molecule is Cc1ccccc1C(=O)OC1CCCC1(C(=O)OCC(C)C)C(C)C. The van der Waals surface area contributed by atoms with E-state index >= 15 is 0 Å². The highest BCUT2D eigenvalue weighted by atomic mass is 16.6. The first-order valence-electron chi connectivity index (χ1n) is 9.23. The molecule has 0 bridgehead atoms. The molecule has 25 heavy (non-hydrogen) atoms. The first-order valence-corrected chi connectivity index (χ1v) is 9.23. The summed E-state index contributed by atoms with van der Waals surface area (Å²) in [7, 11) is 0. The van der Waals surface area contributed by atoms with E-state index in [-0.39, 0.29) is 23.8 Å². The highest BCUT2D eigenvalue weighted by Gasteiger charge is 2.54. The van der Waals surface area contributed by atoms with E-state index in [0.717, 1.165) is 12.0 Å². The first-order chi connectivity index (χ1) is 11.8. The third kappa shape index (κ3) is 4.05. The Morgan fingerprint density at radius 2 is 1.88 bits per heavy atom. The molecular weight excluding hydrogens is 316 g/mol. The van der Waals surface area contributed by atoms with Crippen LogP contribution in [0.5, 0.6) is 0 Å². The summed E-state index contributed by atoms with van der Waals surface area (Å²) in [4.78, 5) is 25.5. The molecule has 0 aliphatic heterocycles. The van der Waals surface area contributed by atoms with E-state index in [2.05, 4.69) is 0 Å². The largest absolute Gasteiger partial charge is 0.465 e. The summed E-state index contributed by atoms with van der Waals surface area (Å²) < 4.78 is 11.4. The standard InChI is InChI=1S/C21H30O4/c1-14(2)13-24-20(23)21(15(3)4)12-8-11-18(21)25-19(22)17-10-7-6-9-16(17)5/h6-7,9-10,14-15,18H,8,11-13H2,1-5H3. The van der Waals surface area contributed by atoms with Crippen LogP contribution in [0.4, 0.5) is 0 Å². The van der Waals surface area contributed by atoms with Gasteiger partial charge in [0, 0.05) is 0 Å². The van der Waals surface area contributed by atoms with E-state index in [1.807, 2.05) is 52.8 Å². The van der Waals surface area contributed by atoms with Crippen molar-refractivity contribution in [2.24, 2.45) is 17.3 Å². The van der Waals surface area contributed by atoms with Crippen molar-refractivity contribution < 1.29 is 19.1 Å². The summed E-state index contributed by atoms with van der Waals surface area (Å²) in [5, 5.41) is 0. The lowest BCUT2D eigenvalue weighted by atomic mass is 9.74. The molecule has 0 amide bonds. The summed E-state index contributed by atoms with van der Waals surface area (Å²) in [6.45, 7) is 10.3. The van der Waals surface area contributed by atoms with Gasteiger partial charge in [-0.1, -0.05) is 45.9 Å². The minimum Gasteiger partial charge on any atom is -0.465 e. The molecule has 4 heteroatoms. The number of ether oxygens (including phenoxy) is 2. The molecule has 2 unspecified atom stereocenters. The molecule has 0 N–H and O–H groups in total. The number of hydrogen-bond donors (Lipinski definition) is 0. The highest BCUT2D eigenvalue weighted by molar-refractivity contribution is 5.91. The van der Waals surface area contributed by atoms with E-state index < -0.39 is 11.5 Å². The van der Waals surface area contributed by atoms with Crippen LogP contribution >= 0.6 is 0 Å². The molecule has 4 nitrogen and oxygen atoms in total. The average Bonchev–Trinajstić information content (AvgIpc) is 2.97. The smallest absolute Gasteiger partial charge is 0.338 e. The van der Waals surface area contributed by atoms with E-state index in [9.17, 15) is 9.59 Å². The van der Waals surface area contributed by atoms with Crippen LogP contribution in [0.2, 0.25) is 0 Å². The van der Waals surface area contributed by atoms with Gasteiger partial charge in [-0.15, -0.1) is 0 Å². The van der Waals surface area contributed by atoms with Gasteiger partial charge in [-0.2, -0.15) is 0 Å². The third-order valence-electron chi connectivity index (χ3n) is 5.20. The lowest BCUT2D eigenvalue weighted by Crippen LogP contribution is -2.46. The molecule has 1 aromatic carbocycles. The highest BCUT2D eigenvalue weighted by Crippen LogP contribution is 2.47. The van der Waals surface area contributed by atoms with Crippen LogP contribution in [0.1, 0.15) is 62.9 Å². The lowest BCUT2D eigenvalue weighted by molar-refractivity contribution is -0.167. The minimum atomic E-state index is -0.743. The Bertz CT molecular complexity index is 620. The van der Waals surface area contributed by atoms with Crippen LogP contribution in [-0.2, 0) is 14.3 Å².